The van der Waals surface area contributed by atoms with Gasteiger partial charge in [0.15, 0.2) is 17.3 Å². The molecule has 0 spiro atoms. The summed E-state index contributed by atoms with van der Waals surface area (Å²) in [6, 6.07) is 0.952. The second kappa shape index (κ2) is 3.35. The third-order valence-electron chi connectivity index (χ3n) is 2.82. The van der Waals surface area contributed by atoms with Crippen LogP contribution in [-0.4, -0.2) is 21.3 Å². The molecule has 16 heavy (non-hydrogen) atoms. The summed E-state index contributed by atoms with van der Waals surface area (Å²) in [5.74, 6) is -3.69. The fourth-order valence-electron chi connectivity index (χ4n) is 1.75. The lowest BCUT2D eigenvalue weighted by Crippen LogP contribution is -2.20. The van der Waals surface area contributed by atoms with E-state index in [9.17, 15) is 19.4 Å². The van der Waals surface area contributed by atoms with E-state index in [1.807, 2.05) is 0 Å². The summed E-state index contributed by atoms with van der Waals surface area (Å²) >= 11 is 3.00. The lowest BCUT2D eigenvalue weighted by atomic mass is 9.94. The van der Waals surface area contributed by atoms with Crippen LogP contribution in [0.2, 0.25) is 0 Å². The third kappa shape index (κ3) is 1.36. The van der Waals surface area contributed by atoms with Gasteiger partial charge in [-0.3, -0.25) is 4.79 Å². The molecule has 6 heteroatoms. The molecular formula is C10H8BrFO4. The number of halogens is 2. The Kier molecular flexibility index (Phi) is 2.34. The van der Waals surface area contributed by atoms with Crippen molar-refractivity contribution in [1.29, 1.82) is 0 Å². The number of carboxylic acids is 1. The van der Waals surface area contributed by atoms with Gasteiger partial charge in [0.05, 0.1) is 5.41 Å². The van der Waals surface area contributed by atoms with Crippen LogP contribution in [0.3, 0.4) is 0 Å². The van der Waals surface area contributed by atoms with Gasteiger partial charge in [-0.2, -0.15) is 0 Å². The van der Waals surface area contributed by atoms with Crippen LogP contribution in [0.1, 0.15) is 18.4 Å². The number of aliphatic carboxylic acids is 1. The Balaban J connectivity index is 2.67. The highest BCUT2D eigenvalue weighted by Gasteiger charge is 2.55. The fraction of sp³-hybridized carbons (Fsp3) is 0.300. The normalized spacial score (nSPS) is 17.1. The van der Waals surface area contributed by atoms with Crippen molar-refractivity contribution >= 4 is 21.9 Å². The van der Waals surface area contributed by atoms with Crippen molar-refractivity contribution in [3.05, 3.63) is 21.9 Å². The summed E-state index contributed by atoms with van der Waals surface area (Å²) in [6.07, 6.45) is 0.721. The molecule has 1 fully saturated rings. The molecule has 0 aromatic heterocycles. The van der Waals surface area contributed by atoms with Crippen molar-refractivity contribution in [3.63, 3.8) is 0 Å². The van der Waals surface area contributed by atoms with E-state index < -0.39 is 28.7 Å². The second-order valence-electron chi connectivity index (χ2n) is 3.80. The number of carbonyl (C=O) groups is 1. The number of phenols is 2. The number of aromatic hydroxyl groups is 2. The summed E-state index contributed by atoms with van der Waals surface area (Å²) in [4.78, 5) is 11.1. The van der Waals surface area contributed by atoms with E-state index in [1.54, 1.807) is 0 Å². The molecular weight excluding hydrogens is 283 g/mol. The third-order valence-corrected chi connectivity index (χ3v) is 3.44. The highest BCUT2D eigenvalue weighted by atomic mass is 79.9. The fourth-order valence-corrected chi connectivity index (χ4v) is 2.52. The zero-order valence-corrected chi connectivity index (χ0v) is 9.58. The molecule has 1 aliphatic carbocycles. The number of benzene rings is 1. The topological polar surface area (TPSA) is 77.8 Å². The molecule has 0 atom stereocenters. The Labute approximate surface area is 98.5 Å². The van der Waals surface area contributed by atoms with Crippen LogP contribution in [0.15, 0.2) is 10.5 Å². The molecule has 2 rings (SSSR count). The van der Waals surface area contributed by atoms with E-state index in [4.69, 9.17) is 5.11 Å². The first-order valence-electron chi connectivity index (χ1n) is 4.54. The SMILES string of the molecule is O=C(O)C1(c2c(Br)cc(F)c(O)c2O)CC1. The van der Waals surface area contributed by atoms with E-state index in [0.29, 0.717) is 12.8 Å². The van der Waals surface area contributed by atoms with Crippen LogP contribution in [0, 0.1) is 5.82 Å². The highest BCUT2D eigenvalue weighted by Crippen LogP contribution is 2.55. The zero-order valence-electron chi connectivity index (χ0n) is 8.00. The largest absolute Gasteiger partial charge is 0.504 e. The number of phenolic OH excluding ortho intramolecular Hbond substituents is 2. The summed E-state index contributed by atoms with van der Waals surface area (Å²) in [6.45, 7) is 0. The van der Waals surface area contributed by atoms with Crippen molar-refractivity contribution in [1.82, 2.24) is 0 Å². The molecule has 0 unspecified atom stereocenters. The molecule has 0 radical (unpaired) electrons. The predicted octanol–water partition coefficient (Wildman–Crippen LogP) is 2.12. The predicted molar refractivity (Wildman–Crippen MR) is 56.0 cm³/mol. The monoisotopic (exact) mass is 290 g/mol. The Morgan fingerprint density at radius 1 is 1.38 bits per heavy atom. The Hall–Kier alpha value is -1.30. The molecule has 0 heterocycles. The second-order valence-corrected chi connectivity index (χ2v) is 4.65. The minimum atomic E-state index is -1.20. The molecule has 1 saturated carbocycles. The van der Waals surface area contributed by atoms with Crippen molar-refractivity contribution in [3.8, 4) is 11.5 Å². The first-order valence-corrected chi connectivity index (χ1v) is 5.33. The first kappa shape index (κ1) is 11.2. The van der Waals surface area contributed by atoms with Crippen LogP contribution in [0.5, 0.6) is 11.5 Å². The van der Waals surface area contributed by atoms with E-state index in [1.165, 1.54) is 0 Å². The van der Waals surface area contributed by atoms with Crippen molar-refractivity contribution < 1.29 is 24.5 Å². The van der Waals surface area contributed by atoms with Crippen LogP contribution in [0.25, 0.3) is 0 Å². The molecule has 1 aromatic carbocycles. The summed E-state index contributed by atoms with van der Waals surface area (Å²) in [5, 5.41) is 27.9. The lowest BCUT2D eigenvalue weighted by Gasteiger charge is -2.15. The van der Waals surface area contributed by atoms with Gasteiger partial charge < -0.3 is 15.3 Å². The molecule has 86 valence electrons. The van der Waals surface area contributed by atoms with Gasteiger partial charge in [-0.1, -0.05) is 15.9 Å². The zero-order chi connectivity index (χ0) is 12.1. The minimum absolute atomic E-state index is 0.0406. The van der Waals surface area contributed by atoms with Gasteiger partial charge in [0.25, 0.3) is 0 Å². The Morgan fingerprint density at radius 2 is 1.94 bits per heavy atom. The summed E-state index contributed by atoms with van der Waals surface area (Å²) in [5.41, 5.74) is -1.16. The molecule has 1 aliphatic rings. The van der Waals surface area contributed by atoms with E-state index in [-0.39, 0.29) is 10.0 Å². The standard InChI is InChI=1S/C10H8BrFO4/c11-4-3-5(12)7(13)8(14)6(4)10(1-2-10)9(15)16/h3,13-14H,1-2H2,(H,15,16). The number of hydrogen-bond acceptors (Lipinski definition) is 3. The quantitative estimate of drug-likeness (QED) is 0.729. The van der Waals surface area contributed by atoms with Crippen LogP contribution >= 0.6 is 15.9 Å². The van der Waals surface area contributed by atoms with Crippen molar-refractivity contribution in [2.45, 2.75) is 18.3 Å². The Bertz CT molecular complexity index is 482. The van der Waals surface area contributed by atoms with Gasteiger partial charge in [-0.25, -0.2) is 4.39 Å². The maximum Gasteiger partial charge on any atom is 0.314 e. The van der Waals surface area contributed by atoms with Gasteiger partial charge in [0.2, 0.25) is 0 Å². The number of carboxylic acid groups (broad SMARTS) is 1. The maximum atomic E-state index is 13.0. The Morgan fingerprint density at radius 3 is 2.38 bits per heavy atom. The van der Waals surface area contributed by atoms with Gasteiger partial charge >= 0.3 is 5.97 Å². The smallest absolute Gasteiger partial charge is 0.314 e. The van der Waals surface area contributed by atoms with Gasteiger partial charge in [-0.05, 0) is 18.9 Å². The first-order chi connectivity index (χ1) is 7.40. The van der Waals surface area contributed by atoms with E-state index in [0.717, 1.165) is 6.07 Å². The average molecular weight is 291 g/mol. The molecule has 0 aliphatic heterocycles. The summed E-state index contributed by atoms with van der Waals surface area (Å²) in [7, 11) is 0. The molecule has 3 N–H and O–H groups in total. The van der Waals surface area contributed by atoms with Crippen LogP contribution in [0.4, 0.5) is 4.39 Å². The van der Waals surface area contributed by atoms with Crippen LogP contribution in [-0.2, 0) is 10.2 Å². The van der Waals surface area contributed by atoms with E-state index >= 15 is 0 Å². The van der Waals surface area contributed by atoms with Crippen LogP contribution < -0.4 is 0 Å². The lowest BCUT2D eigenvalue weighted by molar-refractivity contribution is -0.140. The number of rotatable bonds is 2. The maximum absolute atomic E-state index is 13.0. The van der Waals surface area contributed by atoms with Gasteiger partial charge in [0.1, 0.15) is 0 Å². The highest BCUT2D eigenvalue weighted by molar-refractivity contribution is 9.10. The molecule has 0 bridgehead atoms. The van der Waals surface area contributed by atoms with Gasteiger partial charge in [0, 0.05) is 10.0 Å². The van der Waals surface area contributed by atoms with Crippen molar-refractivity contribution in [2.24, 2.45) is 0 Å². The molecule has 0 saturated heterocycles. The summed E-state index contributed by atoms with van der Waals surface area (Å²) < 4.78 is 13.2. The van der Waals surface area contributed by atoms with E-state index in [2.05, 4.69) is 15.9 Å². The average Bonchev–Trinajstić information content (AvgIpc) is 2.96. The van der Waals surface area contributed by atoms with Crippen molar-refractivity contribution in [2.75, 3.05) is 0 Å². The number of hydrogen-bond donors (Lipinski definition) is 3. The minimum Gasteiger partial charge on any atom is -0.504 e. The molecule has 0 amide bonds. The molecule has 4 nitrogen and oxygen atoms in total. The molecule has 1 aromatic rings. The van der Waals surface area contributed by atoms with Gasteiger partial charge in [-0.15, -0.1) is 0 Å².